The number of hydrogen-bond acceptors (Lipinski definition) is 2. The number of halogens is 6. The lowest BCUT2D eigenvalue weighted by Crippen LogP contribution is -2.15. The maximum atomic E-state index is 15.0. The first-order valence-corrected chi connectivity index (χ1v) is 13.4. The molecule has 0 aliphatic heterocycles. The molecule has 0 N–H and O–H groups in total. The van der Waals surface area contributed by atoms with Crippen LogP contribution in [0, 0.1) is 41.8 Å². The van der Waals surface area contributed by atoms with Crippen LogP contribution in [-0.2, 0) is 6.61 Å². The van der Waals surface area contributed by atoms with Crippen LogP contribution in [0.15, 0.2) is 36.4 Å². The summed E-state index contributed by atoms with van der Waals surface area (Å²) in [5.74, 6) is -7.41. The van der Waals surface area contributed by atoms with Crippen LogP contribution < -0.4 is 9.47 Å². The highest BCUT2D eigenvalue weighted by atomic mass is 19.2. The summed E-state index contributed by atoms with van der Waals surface area (Å²) >= 11 is 0. The highest BCUT2D eigenvalue weighted by molar-refractivity contribution is 5.35. The Bertz CT molecular complexity index is 1300. The topological polar surface area (TPSA) is 18.5 Å². The van der Waals surface area contributed by atoms with Crippen molar-refractivity contribution in [2.24, 2.45) is 0 Å². The number of ether oxygens (including phenoxy) is 2. The Labute approximate surface area is 225 Å². The van der Waals surface area contributed by atoms with E-state index in [2.05, 4.69) is 0 Å². The molecule has 3 aromatic carbocycles. The van der Waals surface area contributed by atoms with Gasteiger partial charge in [-0.3, -0.25) is 0 Å². The fourth-order valence-corrected chi connectivity index (χ4v) is 5.15. The average Bonchev–Trinajstić information content (AvgIpc) is 2.94. The lowest BCUT2D eigenvalue weighted by Gasteiger charge is -2.30. The molecule has 0 bridgehead atoms. The number of hydrogen-bond donors (Lipinski definition) is 0. The molecule has 39 heavy (non-hydrogen) atoms. The van der Waals surface area contributed by atoms with Crippen molar-refractivity contribution in [2.45, 2.75) is 77.2 Å². The third-order valence-electron chi connectivity index (χ3n) is 7.50. The van der Waals surface area contributed by atoms with Crippen molar-refractivity contribution < 1.29 is 35.8 Å². The van der Waals surface area contributed by atoms with E-state index in [0.717, 1.165) is 19.3 Å². The first kappa shape index (κ1) is 28.8. The van der Waals surface area contributed by atoms with Crippen LogP contribution >= 0.6 is 0 Å². The van der Waals surface area contributed by atoms with Crippen molar-refractivity contribution in [3.8, 4) is 11.5 Å². The molecule has 0 spiro atoms. The first-order chi connectivity index (χ1) is 18.7. The fraction of sp³-hybridized carbons (Fsp3) is 0.419. The van der Waals surface area contributed by atoms with Gasteiger partial charge < -0.3 is 9.47 Å². The Hall–Kier alpha value is -3.16. The molecule has 3 aromatic rings. The number of unbranched alkanes of at least 4 members (excludes halogenated alkanes) is 2. The molecule has 210 valence electrons. The minimum Gasteiger partial charge on any atom is -0.490 e. The largest absolute Gasteiger partial charge is 0.490 e. The molecule has 0 amide bonds. The minimum absolute atomic E-state index is 0.157. The molecule has 1 saturated carbocycles. The minimum atomic E-state index is -1.21. The molecule has 0 unspecified atom stereocenters. The molecule has 4 rings (SSSR count). The van der Waals surface area contributed by atoms with E-state index in [1.165, 1.54) is 31.2 Å². The zero-order chi connectivity index (χ0) is 28.1. The van der Waals surface area contributed by atoms with Gasteiger partial charge in [0.15, 0.2) is 34.8 Å². The second kappa shape index (κ2) is 12.8. The van der Waals surface area contributed by atoms with E-state index < -0.39 is 47.3 Å². The van der Waals surface area contributed by atoms with Gasteiger partial charge >= 0.3 is 0 Å². The van der Waals surface area contributed by atoms with Gasteiger partial charge in [0, 0.05) is 5.56 Å². The maximum Gasteiger partial charge on any atom is 0.201 e. The zero-order valence-electron chi connectivity index (χ0n) is 22.1. The zero-order valence-corrected chi connectivity index (χ0v) is 22.1. The molecule has 2 nitrogen and oxygen atoms in total. The van der Waals surface area contributed by atoms with Crippen molar-refractivity contribution in [3.63, 3.8) is 0 Å². The van der Waals surface area contributed by atoms with Crippen LogP contribution in [0.5, 0.6) is 11.5 Å². The highest BCUT2D eigenvalue weighted by Gasteiger charge is 2.29. The molecule has 0 radical (unpaired) electrons. The van der Waals surface area contributed by atoms with Gasteiger partial charge in [0.2, 0.25) is 11.6 Å². The smallest absolute Gasteiger partial charge is 0.201 e. The fourth-order valence-electron chi connectivity index (χ4n) is 5.15. The molecule has 1 aliphatic rings. The molecule has 8 heteroatoms. The van der Waals surface area contributed by atoms with Crippen LogP contribution in [0.1, 0.15) is 86.0 Å². The molecule has 1 aliphatic carbocycles. The van der Waals surface area contributed by atoms with E-state index in [4.69, 9.17) is 9.47 Å². The van der Waals surface area contributed by atoms with Crippen molar-refractivity contribution in [3.05, 3.63) is 93.6 Å². The van der Waals surface area contributed by atoms with E-state index in [1.807, 2.05) is 6.92 Å². The molecular weight excluding hydrogens is 518 g/mol. The van der Waals surface area contributed by atoms with Crippen LogP contribution in [0.3, 0.4) is 0 Å². The van der Waals surface area contributed by atoms with Gasteiger partial charge in [0.1, 0.15) is 6.61 Å². The summed E-state index contributed by atoms with van der Waals surface area (Å²) in [6.45, 7) is 3.28. The molecule has 0 heterocycles. The standard InChI is InChI=1S/C31H32F6O2/c1-3-4-5-16-38-24-14-11-21(27(33)30(24)36)17-39-25-15-13-23(29(35)31(25)37)20-9-7-19(8-10-20)22-12-6-18(2)26(32)28(22)34/h6,11-15,19-20H,3-5,7-10,16-17H2,1-2H3. The Balaban J connectivity index is 1.39. The van der Waals surface area contributed by atoms with Gasteiger partial charge in [-0.05, 0) is 85.8 Å². The normalized spacial score (nSPS) is 17.3. The average molecular weight is 551 g/mol. The number of rotatable bonds is 10. The predicted octanol–water partition coefficient (Wildman–Crippen LogP) is 9.42. The highest BCUT2D eigenvalue weighted by Crippen LogP contribution is 2.43. The summed E-state index contributed by atoms with van der Waals surface area (Å²) in [6.07, 6.45) is 4.57. The Kier molecular flexibility index (Phi) is 9.46. The van der Waals surface area contributed by atoms with Crippen molar-refractivity contribution >= 4 is 0 Å². The summed E-state index contributed by atoms with van der Waals surface area (Å²) in [6, 6.07) is 8.41. The summed E-state index contributed by atoms with van der Waals surface area (Å²) in [5, 5.41) is 0. The molecule has 0 atom stereocenters. The van der Waals surface area contributed by atoms with E-state index in [1.54, 1.807) is 12.1 Å². The molecular formula is C31H32F6O2. The number of benzene rings is 3. The third kappa shape index (κ3) is 6.36. The molecule has 0 aromatic heterocycles. The third-order valence-corrected chi connectivity index (χ3v) is 7.50. The molecule has 1 fully saturated rings. The first-order valence-electron chi connectivity index (χ1n) is 13.4. The summed E-state index contributed by atoms with van der Waals surface area (Å²) in [4.78, 5) is 0. The molecule has 0 saturated heterocycles. The van der Waals surface area contributed by atoms with Crippen LogP contribution in [-0.4, -0.2) is 6.61 Å². The number of aryl methyl sites for hydroxylation is 1. The van der Waals surface area contributed by atoms with Gasteiger partial charge in [0.05, 0.1) is 6.61 Å². The second-order valence-corrected chi connectivity index (χ2v) is 10.1. The summed E-state index contributed by atoms with van der Waals surface area (Å²) in [5.41, 5.74) is 0.569. The van der Waals surface area contributed by atoms with Gasteiger partial charge in [-0.15, -0.1) is 0 Å². The SMILES string of the molecule is CCCCCOc1ccc(COc2ccc(C3CCC(c4ccc(C)c(F)c4F)CC3)c(F)c2F)c(F)c1F. The van der Waals surface area contributed by atoms with E-state index in [-0.39, 0.29) is 40.9 Å². The van der Waals surface area contributed by atoms with Crippen LogP contribution in [0.25, 0.3) is 0 Å². The lowest BCUT2D eigenvalue weighted by atomic mass is 9.75. The Morgan fingerprint density at radius 1 is 0.615 bits per heavy atom. The van der Waals surface area contributed by atoms with Gasteiger partial charge in [-0.1, -0.05) is 38.0 Å². The van der Waals surface area contributed by atoms with Crippen molar-refractivity contribution in [1.82, 2.24) is 0 Å². The maximum absolute atomic E-state index is 15.0. The predicted molar refractivity (Wildman–Crippen MR) is 137 cm³/mol. The Morgan fingerprint density at radius 3 is 1.79 bits per heavy atom. The summed E-state index contributed by atoms with van der Waals surface area (Å²) in [7, 11) is 0. The lowest BCUT2D eigenvalue weighted by molar-refractivity contribution is 0.268. The van der Waals surface area contributed by atoms with E-state index in [0.29, 0.717) is 31.2 Å². The van der Waals surface area contributed by atoms with Crippen LogP contribution in [0.4, 0.5) is 26.3 Å². The summed E-state index contributed by atoms with van der Waals surface area (Å²) < 4.78 is 97.7. The quantitative estimate of drug-likeness (QED) is 0.185. The van der Waals surface area contributed by atoms with E-state index >= 15 is 4.39 Å². The second-order valence-electron chi connectivity index (χ2n) is 10.1. The van der Waals surface area contributed by atoms with Gasteiger partial charge in [-0.2, -0.15) is 8.78 Å². The van der Waals surface area contributed by atoms with E-state index in [9.17, 15) is 22.0 Å². The van der Waals surface area contributed by atoms with Crippen molar-refractivity contribution in [2.75, 3.05) is 6.61 Å². The van der Waals surface area contributed by atoms with Crippen LogP contribution in [0.2, 0.25) is 0 Å². The van der Waals surface area contributed by atoms with Gasteiger partial charge in [0.25, 0.3) is 0 Å². The van der Waals surface area contributed by atoms with Crippen molar-refractivity contribution in [1.29, 1.82) is 0 Å². The Morgan fingerprint density at radius 2 is 1.15 bits per heavy atom. The van der Waals surface area contributed by atoms with Gasteiger partial charge in [-0.25, -0.2) is 17.6 Å². The monoisotopic (exact) mass is 550 g/mol.